The van der Waals surface area contributed by atoms with E-state index in [-0.39, 0.29) is 10.8 Å². The molecule has 0 aromatic carbocycles. The van der Waals surface area contributed by atoms with E-state index in [4.69, 9.17) is 10.2 Å². The van der Waals surface area contributed by atoms with Gasteiger partial charge in [-0.3, -0.25) is 4.79 Å². The van der Waals surface area contributed by atoms with Crippen LogP contribution in [0.5, 0.6) is 0 Å². The predicted octanol–water partition coefficient (Wildman–Crippen LogP) is 0.256. The van der Waals surface area contributed by atoms with E-state index >= 15 is 0 Å². The number of aliphatic carboxylic acids is 1. The van der Waals surface area contributed by atoms with Gasteiger partial charge in [0.05, 0.1) is 11.6 Å². The molecule has 0 aliphatic carbocycles. The number of nitrogens with zero attached hydrogens (tertiary/aromatic N) is 2. The van der Waals surface area contributed by atoms with Crippen molar-refractivity contribution in [1.82, 2.24) is 4.98 Å². The van der Waals surface area contributed by atoms with Crippen molar-refractivity contribution >= 4 is 32.5 Å². The molecule has 0 aliphatic heterocycles. The Bertz CT molecular complexity index is 552. The quantitative estimate of drug-likeness (QED) is 0.804. The van der Waals surface area contributed by atoms with Gasteiger partial charge in [-0.15, -0.1) is 0 Å². The predicted molar refractivity (Wildman–Crippen MR) is 68.3 cm³/mol. The number of hydrogen-bond acceptors (Lipinski definition) is 6. The fraction of sp³-hybridized carbons (Fsp3) is 0.556. The number of anilines is 1. The van der Waals surface area contributed by atoms with Crippen molar-refractivity contribution in [2.75, 3.05) is 18.5 Å². The van der Waals surface area contributed by atoms with Gasteiger partial charge in [-0.05, 0) is 6.92 Å². The SMILES string of the molecule is Cc1nc(N(C)CC(C)C(=O)O)sc1S(N)(=O)=O. The van der Waals surface area contributed by atoms with E-state index in [1.165, 1.54) is 0 Å². The van der Waals surface area contributed by atoms with Crippen LogP contribution >= 0.6 is 11.3 Å². The van der Waals surface area contributed by atoms with Crippen LogP contribution in [0.25, 0.3) is 0 Å². The van der Waals surface area contributed by atoms with Crippen molar-refractivity contribution in [2.24, 2.45) is 11.1 Å². The summed E-state index contributed by atoms with van der Waals surface area (Å²) in [6.07, 6.45) is 0. The minimum Gasteiger partial charge on any atom is -0.481 e. The van der Waals surface area contributed by atoms with Crippen LogP contribution in [0.3, 0.4) is 0 Å². The lowest BCUT2D eigenvalue weighted by atomic mass is 10.2. The Morgan fingerprint density at radius 3 is 2.56 bits per heavy atom. The Morgan fingerprint density at radius 2 is 2.17 bits per heavy atom. The Hall–Kier alpha value is -1.19. The summed E-state index contributed by atoms with van der Waals surface area (Å²) in [4.78, 5) is 16.4. The molecule has 0 bridgehead atoms. The molecule has 1 rings (SSSR count). The van der Waals surface area contributed by atoms with Crippen LogP contribution in [-0.4, -0.2) is 38.1 Å². The highest BCUT2D eigenvalue weighted by Gasteiger charge is 2.21. The van der Waals surface area contributed by atoms with Crippen molar-refractivity contribution < 1.29 is 18.3 Å². The molecule has 9 heteroatoms. The highest BCUT2D eigenvalue weighted by molar-refractivity contribution is 7.91. The van der Waals surface area contributed by atoms with Gasteiger partial charge in [0, 0.05) is 13.6 Å². The smallest absolute Gasteiger partial charge is 0.308 e. The first-order valence-corrected chi connectivity index (χ1v) is 7.43. The zero-order chi connectivity index (χ0) is 14.1. The molecule has 0 fully saturated rings. The fourth-order valence-electron chi connectivity index (χ4n) is 1.36. The van der Waals surface area contributed by atoms with Gasteiger partial charge in [-0.25, -0.2) is 18.5 Å². The van der Waals surface area contributed by atoms with Gasteiger partial charge in [0.2, 0.25) is 10.0 Å². The number of carboxylic acid groups (broad SMARTS) is 1. The van der Waals surface area contributed by atoms with Crippen molar-refractivity contribution in [2.45, 2.75) is 18.1 Å². The summed E-state index contributed by atoms with van der Waals surface area (Å²) in [6.45, 7) is 3.36. The molecular formula is C9H15N3O4S2. The summed E-state index contributed by atoms with van der Waals surface area (Å²) in [5.74, 6) is -1.49. The van der Waals surface area contributed by atoms with Crippen molar-refractivity contribution in [3.05, 3.63) is 5.69 Å². The number of thiazole rings is 1. The molecule has 1 aromatic rings. The maximum absolute atomic E-state index is 11.3. The summed E-state index contributed by atoms with van der Waals surface area (Å²) < 4.78 is 22.5. The van der Waals surface area contributed by atoms with E-state index in [0.29, 0.717) is 10.8 Å². The Morgan fingerprint density at radius 1 is 1.61 bits per heavy atom. The van der Waals surface area contributed by atoms with Crippen LogP contribution in [0.2, 0.25) is 0 Å². The molecule has 18 heavy (non-hydrogen) atoms. The first-order chi connectivity index (χ1) is 8.12. The van der Waals surface area contributed by atoms with Crippen LogP contribution in [0.15, 0.2) is 4.21 Å². The van der Waals surface area contributed by atoms with Gasteiger partial charge in [0.1, 0.15) is 0 Å². The van der Waals surface area contributed by atoms with E-state index in [1.54, 1.807) is 25.8 Å². The standard InChI is InChI=1S/C9H15N3O4S2/c1-5(7(13)14)4-12(3)9-11-6(2)8(17-9)18(10,15)16/h5H,4H2,1-3H3,(H,13,14)(H2,10,15,16). The van der Waals surface area contributed by atoms with Gasteiger partial charge < -0.3 is 10.0 Å². The number of hydrogen-bond donors (Lipinski definition) is 2. The molecular weight excluding hydrogens is 278 g/mol. The Kier molecular flexibility index (Phi) is 4.30. The van der Waals surface area contributed by atoms with Crippen LogP contribution in [-0.2, 0) is 14.8 Å². The lowest BCUT2D eigenvalue weighted by Gasteiger charge is -2.17. The van der Waals surface area contributed by atoms with Gasteiger partial charge in [0.15, 0.2) is 9.34 Å². The van der Waals surface area contributed by atoms with Gasteiger partial charge in [-0.1, -0.05) is 18.3 Å². The largest absolute Gasteiger partial charge is 0.481 e. The second kappa shape index (κ2) is 5.21. The molecule has 7 nitrogen and oxygen atoms in total. The van der Waals surface area contributed by atoms with Crippen LogP contribution in [0.4, 0.5) is 5.13 Å². The molecule has 1 aromatic heterocycles. The number of carboxylic acids is 1. The monoisotopic (exact) mass is 293 g/mol. The second-order valence-corrected chi connectivity index (χ2v) is 6.77. The number of primary sulfonamides is 1. The number of nitrogens with two attached hydrogens (primary N) is 1. The summed E-state index contributed by atoms with van der Waals surface area (Å²) in [6, 6.07) is 0. The molecule has 0 aliphatic rings. The normalized spacial score (nSPS) is 13.3. The van der Waals surface area contributed by atoms with Gasteiger partial charge in [0.25, 0.3) is 0 Å². The summed E-state index contributed by atoms with van der Waals surface area (Å²) in [5, 5.41) is 14.3. The lowest BCUT2D eigenvalue weighted by Crippen LogP contribution is -2.28. The minimum absolute atomic E-state index is 0.00679. The molecule has 102 valence electrons. The Balaban J connectivity index is 2.95. The third-order valence-electron chi connectivity index (χ3n) is 2.30. The fourth-order valence-corrected chi connectivity index (χ4v) is 3.28. The summed E-state index contributed by atoms with van der Waals surface area (Å²) in [7, 11) is -2.12. The number of sulfonamides is 1. The highest BCUT2D eigenvalue weighted by atomic mass is 32.2. The summed E-state index contributed by atoms with van der Waals surface area (Å²) in [5.41, 5.74) is 0.326. The Labute approximate surface area is 109 Å². The number of carbonyl (C=O) groups is 1. The average Bonchev–Trinajstić information content (AvgIpc) is 2.59. The van der Waals surface area contributed by atoms with Crippen molar-refractivity contribution in [1.29, 1.82) is 0 Å². The van der Waals surface area contributed by atoms with E-state index < -0.39 is 21.9 Å². The van der Waals surface area contributed by atoms with E-state index in [0.717, 1.165) is 11.3 Å². The molecule has 0 spiro atoms. The molecule has 0 amide bonds. The second-order valence-electron chi connectivity index (χ2n) is 4.03. The van der Waals surface area contributed by atoms with E-state index in [2.05, 4.69) is 4.98 Å². The van der Waals surface area contributed by atoms with Crippen LogP contribution in [0, 0.1) is 12.8 Å². The van der Waals surface area contributed by atoms with Gasteiger partial charge >= 0.3 is 5.97 Å². The summed E-state index contributed by atoms with van der Waals surface area (Å²) >= 11 is 0.937. The van der Waals surface area contributed by atoms with Crippen LogP contribution in [0.1, 0.15) is 12.6 Å². The van der Waals surface area contributed by atoms with E-state index in [9.17, 15) is 13.2 Å². The minimum atomic E-state index is -3.78. The zero-order valence-corrected chi connectivity index (χ0v) is 11.9. The zero-order valence-electron chi connectivity index (χ0n) is 10.2. The average molecular weight is 293 g/mol. The first kappa shape index (κ1) is 14.9. The molecule has 0 radical (unpaired) electrons. The maximum atomic E-state index is 11.3. The van der Waals surface area contributed by atoms with Crippen molar-refractivity contribution in [3.8, 4) is 0 Å². The molecule has 3 N–H and O–H groups in total. The third kappa shape index (κ3) is 3.40. The first-order valence-electron chi connectivity index (χ1n) is 5.07. The third-order valence-corrected chi connectivity index (χ3v) is 5.12. The molecule has 0 saturated carbocycles. The molecule has 0 saturated heterocycles. The molecule has 1 unspecified atom stereocenters. The topological polar surface area (TPSA) is 114 Å². The van der Waals surface area contributed by atoms with E-state index in [1.807, 2.05) is 0 Å². The highest BCUT2D eigenvalue weighted by Crippen LogP contribution is 2.28. The number of rotatable bonds is 5. The molecule has 1 atom stereocenters. The van der Waals surface area contributed by atoms with Crippen LogP contribution < -0.4 is 10.0 Å². The molecule has 1 heterocycles. The van der Waals surface area contributed by atoms with Gasteiger partial charge in [-0.2, -0.15) is 0 Å². The number of aryl methyl sites for hydroxylation is 1. The van der Waals surface area contributed by atoms with Crippen molar-refractivity contribution in [3.63, 3.8) is 0 Å². The maximum Gasteiger partial charge on any atom is 0.308 e. The number of aromatic nitrogens is 1. The lowest BCUT2D eigenvalue weighted by molar-refractivity contribution is -0.140.